The number of aliphatic hydroxyl groups is 2. The Labute approximate surface area is 176 Å². The number of anilines is 1. The molecular weight excluding hydrogens is 406 g/mol. The standard InChI is InChI=1S/C19H23N7O5/c20-11(5-9-1-3-10(28)4-2-9)18(30)25-13-15(29)12(6-27)31-19(13)26-8-24-14-16(21)22-7-23-17(14)26/h1-4,7-8,11-13,15,19,27-29H,5-6,20H2,(H,25,30)(H2,21,22,23)/t11?,12-,13+,15?,19-/m1/s1. The van der Waals surface area contributed by atoms with Crippen LogP contribution in [0.4, 0.5) is 5.82 Å². The molecule has 0 spiro atoms. The van der Waals surface area contributed by atoms with Gasteiger partial charge in [0, 0.05) is 0 Å². The van der Waals surface area contributed by atoms with Crippen molar-refractivity contribution >= 4 is 22.9 Å². The number of aromatic hydroxyl groups is 1. The lowest BCUT2D eigenvalue weighted by atomic mass is 10.0. The number of rotatable bonds is 6. The molecule has 3 heterocycles. The number of benzene rings is 1. The highest BCUT2D eigenvalue weighted by molar-refractivity contribution is 5.83. The van der Waals surface area contributed by atoms with E-state index in [9.17, 15) is 20.1 Å². The van der Waals surface area contributed by atoms with Crippen LogP contribution in [0.3, 0.4) is 0 Å². The van der Waals surface area contributed by atoms with Crippen molar-refractivity contribution in [1.29, 1.82) is 0 Å². The zero-order valence-electron chi connectivity index (χ0n) is 16.4. The third kappa shape index (κ3) is 4.01. The molecule has 1 aliphatic heterocycles. The number of aliphatic hydroxyl groups excluding tert-OH is 2. The van der Waals surface area contributed by atoms with Gasteiger partial charge in [0.05, 0.1) is 19.0 Å². The van der Waals surface area contributed by atoms with Gasteiger partial charge in [-0.15, -0.1) is 0 Å². The molecule has 5 atom stereocenters. The Morgan fingerprint density at radius 2 is 2.00 bits per heavy atom. The number of ether oxygens (including phenoxy) is 1. The lowest BCUT2D eigenvalue weighted by Gasteiger charge is -2.24. The normalized spacial score (nSPS) is 24.4. The summed E-state index contributed by atoms with van der Waals surface area (Å²) >= 11 is 0. The fraction of sp³-hybridized carbons (Fsp3) is 0.368. The number of nitrogen functional groups attached to an aromatic ring is 1. The van der Waals surface area contributed by atoms with Gasteiger partial charge in [0.15, 0.2) is 17.7 Å². The van der Waals surface area contributed by atoms with Gasteiger partial charge < -0.3 is 36.8 Å². The SMILES string of the molecule is Nc1ncnc2c1ncn2[C@@H]1O[C@H](CO)C(O)[C@@H]1NC(=O)C(N)Cc1ccc(O)cc1. The second kappa shape index (κ2) is 8.43. The van der Waals surface area contributed by atoms with Crippen LogP contribution in [0, 0.1) is 0 Å². The number of hydrogen-bond donors (Lipinski definition) is 6. The maximum Gasteiger partial charge on any atom is 0.237 e. The van der Waals surface area contributed by atoms with Gasteiger partial charge in [0.2, 0.25) is 5.91 Å². The molecule has 0 saturated carbocycles. The summed E-state index contributed by atoms with van der Waals surface area (Å²) in [6.45, 7) is -0.451. The van der Waals surface area contributed by atoms with Crippen LogP contribution in [0.15, 0.2) is 36.9 Å². The molecule has 2 aromatic heterocycles. The van der Waals surface area contributed by atoms with Crippen LogP contribution < -0.4 is 16.8 Å². The molecule has 3 aromatic rings. The minimum absolute atomic E-state index is 0.114. The molecule has 1 aliphatic rings. The highest BCUT2D eigenvalue weighted by Crippen LogP contribution is 2.32. The number of amides is 1. The smallest absolute Gasteiger partial charge is 0.237 e. The van der Waals surface area contributed by atoms with Gasteiger partial charge in [-0.3, -0.25) is 9.36 Å². The number of carbonyl (C=O) groups excluding carboxylic acids is 1. The largest absolute Gasteiger partial charge is 0.508 e. The van der Waals surface area contributed by atoms with Gasteiger partial charge in [-0.05, 0) is 24.1 Å². The number of carbonyl (C=O) groups is 1. The predicted molar refractivity (Wildman–Crippen MR) is 108 cm³/mol. The van der Waals surface area contributed by atoms with Gasteiger partial charge >= 0.3 is 0 Å². The number of fused-ring (bicyclic) bond motifs is 1. The molecule has 0 aliphatic carbocycles. The summed E-state index contributed by atoms with van der Waals surface area (Å²) in [6, 6.07) is 4.51. The summed E-state index contributed by atoms with van der Waals surface area (Å²) in [6.07, 6.45) is -0.122. The Bertz CT molecular complexity index is 1070. The van der Waals surface area contributed by atoms with Crippen LogP contribution >= 0.6 is 0 Å². The van der Waals surface area contributed by atoms with Crippen molar-refractivity contribution in [2.24, 2.45) is 5.73 Å². The minimum Gasteiger partial charge on any atom is -0.508 e. The molecule has 31 heavy (non-hydrogen) atoms. The van der Waals surface area contributed by atoms with E-state index in [1.807, 2.05) is 0 Å². The lowest BCUT2D eigenvalue weighted by Crippen LogP contribution is -2.52. The quantitative estimate of drug-likeness (QED) is 0.266. The Balaban J connectivity index is 1.56. The predicted octanol–water partition coefficient (Wildman–Crippen LogP) is -1.58. The highest BCUT2D eigenvalue weighted by atomic mass is 16.5. The van der Waals surface area contributed by atoms with Crippen molar-refractivity contribution in [3.05, 3.63) is 42.5 Å². The van der Waals surface area contributed by atoms with Crippen LogP contribution in [0.25, 0.3) is 11.2 Å². The Hall–Kier alpha value is -3.32. The molecule has 164 valence electrons. The molecule has 8 N–H and O–H groups in total. The molecular formula is C19H23N7O5. The first-order valence-electron chi connectivity index (χ1n) is 9.60. The number of hydrogen-bond acceptors (Lipinski definition) is 10. The van der Waals surface area contributed by atoms with Crippen molar-refractivity contribution in [2.75, 3.05) is 12.3 Å². The first-order chi connectivity index (χ1) is 14.9. The van der Waals surface area contributed by atoms with Crippen LogP contribution in [0.2, 0.25) is 0 Å². The maximum absolute atomic E-state index is 12.8. The van der Waals surface area contributed by atoms with E-state index in [0.29, 0.717) is 11.2 Å². The summed E-state index contributed by atoms with van der Waals surface area (Å²) in [5, 5.41) is 32.3. The zero-order chi connectivity index (χ0) is 22.1. The summed E-state index contributed by atoms with van der Waals surface area (Å²) in [5.41, 5.74) is 13.3. The number of nitrogens with zero attached hydrogens (tertiary/aromatic N) is 4. The fourth-order valence-corrected chi connectivity index (χ4v) is 3.60. The minimum atomic E-state index is -1.20. The monoisotopic (exact) mass is 429 g/mol. The maximum atomic E-state index is 12.8. The number of nitrogens with one attached hydrogen (secondary N) is 1. The summed E-state index contributed by atoms with van der Waals surface area (Å²) in [5.74, 6) is -0.219. The van der Waals surface area contributed by atoms with Gasteiger partial charge in [0.25, 0.3) is 0 Å². The van der Waals surface area contributed by atoms with Crippen molar-refractivity contribution < 1.29 is 24.9 Å². The molecule has 1 saturated heterocycles. The van der Waals surface area contributed by atoms with E-state index >= 15 is 0 Å². The van der Waals surface area contributed by atoms with Crippen LogP contribution in [-0.4, -0.2) is 71.6 Å². The van der Waals surface area contributed by atoms with E-state index in [1.54, 1.807) is 12.1 Å². The van der Waals surface area contributed by atoms with Crippen molar-refractivity contribution in [3.8, 4) is 5.75 Å². The van der Waals surface area contributed by atoms with E-state index in [2.05, 4.69) is 20.3 Å². The van der Waals surface area contributed by atoms with Gasteiger partial charge in [-0.25, -0.2) is 15.0 Å². The topological polar surface area (TPSA) is 195 Å². The number of nitrogens with two attached hydrogens (primary N) is 2. The van der Waals surface area contributed by atoms with Crippen LogP contribution in [0.1, 0.15) is 11.8 Å². The van der Waals surface area contributed by atoms with Crippen LogP contribution in [-0.2, 0) is 16.0 Å². The average molecular weight is 429 g/mol. The zero-order valence-corrected chi connectivity index (χ0v) is 16.4. The molecule has 0 radical (unpaired) electrons. The molecule has 4 rings (SSSR count). The highest BCUT2D eigenvalue weighted by Gasteiger charge is 2.46. The fourth-order valence-electron chi connectivity index (χ4n) is 3.60. The third-order valence-electron chi connectivity index (χ3n) is 5.25. The second-order valence-electron chi connectivity index (χ2n) is 7.33. The van der Waals surface area contributed by atoms with Crippen molar-refractivity contribution in [3.63, 3.8) is 0 Å². The first kappa shape index (κ1) is 20.9. The van der Waals surface area contributed by atoms with E-state index in [0.717, 1.165) is 5.56 Å². The molecule has 1 aromatic carbocycles. The van der Waals surface area contributed by atoms with Crippen molar-refractivity contribution in [2.45, 2.75) is 36.9 Å². The lowest BCUT2D eigenvalue weighted by molar-refractivity contribution is -0.124. The van der Waals surface area contributed by atoms with Crippen LogP contribution in [0.5, 0.6) is 5.75 Å². The number of imidazole rings is 1. The Morgan fingerprint density at radius 3 is 2.71 bits per heavy atom. The Kier molecular flexibility index (Phi) is 5.69. The van der Waals surface area contributed by atoms with E-state index in [-0.39, 0.29) is 18.0 Å². The van der Waals surface area contributed by atoms with E-state index < -0.39 is 43.0 Å². The number of phenols is 1. The third-order valence-corrected chi connectivity index (χ3v) is 5.25. The van der Waals surface area contributed by atoms with Gasteiger partial charge in [-0.1, -0.05) is 12.1 Å². The molecule has 0 bridgehead atoms. The van der Waals surface area contributed by atoms with E-state index in [1.165, 1.54) is 29.4 Å². The summed E-state index contributed by atoms with van der Waals surface area (Å²) in [7, 11) is 0. The van der Waals surface area contributed by atoms with Crippen molar-refractivity contribution in [1.82, 2.24) is 24.8 Å². The number of aromatic nitrogens is 4. The van der Waals surface area contributed by atoms with E-state index in [4.69, 9.17) is 16.2 Å². The van der Waals surface area contributed by atoms with Gasteiger partial charge in [0.1, 0.15) is 35.8 Å². The molecule has 1 fully saturated rings. The first-order valence-corrected chi connectivity index (χ1v) is 9.60. The molecule has 2 unspecified atom stereocenters. The number of phenolic OH excluding ortho intramolecular Hbond substituents is 1. The second-order valence-corrected chi connectivity index (χ2v) is 7.33. The Morgan fingerprint density at radius 1 is 1.26 bits per heavy atom. The van der Waals surface area contributed by atoms with Gasteiger partial charge in [-0.2, -0.15) is 0 Å². The molecule has 12 nitrogen and oxygen atoms in total. The summed E-state index contributed by atoms with van der Waals surface area (Å²) in [4.78, 5) is 25.0. The summed E-state index contributed by atoms with van der Waals surface area (Å²) < 4.78 is 7.29. The molecule has 1 amide bonds. The molecule has 12 heteroatoms. The average Bonchev–Trinajstić information content (AvgIpc) is 3.32.